The standard InChI is InChI=1S/C22H20N4O/c23-17-18-5-7-20(8-6-18)27-22-4-2-1-3-21(22)26-15-13-25(14-16-26)19-9-11-24-12-10-19/h1-12H,13-16H2. The Morgan fingerprint density at radius 1 is 0.815 bits per heavy atom. The Balaban J connectivity index is 1.47. The van der Waals surface area contributed by atoms with Crippen molar-refractivity contribution in [2.24, 2.45) is 0 Å². The molecule has 1 aliphatic rings. The highest BCUT2D eigenvalue weighted by atomic mass is 16.5. The highest BCUT2D eigenvalue weighted by molar-refractivity contribution is 5.61. The van der Waals surface area contributed by atoms with Gasteiger partial charge < -0.3 is 14.5 Å². The van der Waals surface area contributed by atoms with Crippen LogP contribution in [0.3, 0.4) is 0 Å². The molecule has 5 heteroatoms. The fourth-order valence-corrected chi connectivity index (χ4v) is 3.29. The number of para-hydroxylation sites is 2. The molecule has 0 aliphatic carbocycles. The van der Waals surface area contributed by atoms with E-state index in [-0.39, 0.29) is 0 Å². The minimum absolute atomic E-state index is 0.628. The van der Waals surface area contributed by atoms with Crippen molar-refractivity contribution in [1.29, 1.82) is 5.26 Å². The molecule has 1 aromatic heterocycles. The van der Waals surface area contributed by atoms with Crippen molar-refractivity contribution in [3.8, 4) is 17.6 Å². The molecule has 0 spiro atoms. The van der Waals surface area contributed by atoms with E-state index in [1.165, 1.54) is 5.69 Å². The van der Waals surface area contributed by atoms with Crippen LogP contribution in [-0.4, -0.2) is 31.2 Å². The van der Waals surface area contributed by atoms with E-state index in [0.29, 0.717) is 5.56 Å². The maximum Gasteiger partial charge on any atom is 0.150 e. The van der Waals surface area contributed by atoms with Gasteiger partial charge in [-0.05, 0) is 48.5 Å². The zero-order chi connectivity index (χ0) is 18.5. The smallest absolute Gasteiger partial charge is 0.150 e. The topological polar surface area (TPSA) is 52.4 Å². The van der Waals surface area contributed by atoms with Crippen LogP contribution >= 0.6 is 0 Å². The lowest BCUT2D eigenvalue weighted by molar-refractivity contribution is 0.479. The van der Waals surface area contributed by atoms with E-state index in [9.17, 15) is 0 Å². The molecule has 0 unspecified atom stereocenters. The first-order chi connectivity index (χ1) is 13.3. The molecule has 5 nitrogen and oxygen atoms in total. The third kappa shape index (κ3) is 3.85. The average molecular weight is 356 g/mol. The van der Waals surface area contributed by atoms with Gasteiger partial charge in [0.25, 0.3) is 0 Å². The molecule has 134 valence electrons. The first-order valence-electron chi connectivity index (χ1n) is 9.00. The quantitative estimate of drug-likeness (QED) is 0.705. The average Bonchev–Trinajstić information content (AvgIpc) is 2.75. The summed E-state index contributed by atoms with van der Waals surface area (Å²) in [5.41, 5.74) is 2.94. The van der Waals surface area contributed by atoms with E-state index in [1.807, 2.05) is 42.7 Å². The normalized spacial score (nSPS) is 13.9. The number of pyridine rings is 1. The van der Waals surface area contributed by atoms with E-state index in [2.05, 4.69) is 39.1 Å². The van der Waals surface area contributed by atoms with Crippen LogP contribution in [-0.2, 0) is 0 Å². The van der Waals surface area contributed by atoms with Crippen LogP contribution in [0.4, 0.5) is 11.4 Å². The molecule has 2 heterocycles. The first kappa shape index (κ1) is 16.9. The molecule has 0 bridgehead atoms. The van der Waals surface area contributed by atoms with Crippen LogP contribution in [0, 0.1) is 11.3 Å². The Morgan fingerprint density at radius 2 is 1.48 bits per heavy atom. The molecule has 4 rings (SSSR count). The molecule has 27 heavy (non-hydrogen) atoms. The molecule has 0 radical (unpaired) electrons. The van der Waals surface area contributed by atoms with Crippen molar-refractivity contribution in [3.05, 3.63) is 78.6 Å². The molecule has 0 saturated carbocycles. The van der Waals surface area contributed by atoms with Crippen LogP contribution in [0.1, 0.15) is 5.56 Å². The summed E-state index contributed by atoms with van der Waals surface area (Å²) < 4.78 is 6.10. The minimum Gasteiger partial charge on any atom is -0.455 e. The summed E-state index contributed by atoms with van der Waals surface area (Å²) in [6.07, 6.45) is 3.67. The number of anilines is 2. The number of rotatable bonds is 4. The van der Waals surface area contributed by atoms with Gasteiger partial charge in [0.05, 0.1) is 17.3 Å². The fraction of sp³-hybridized carbons (Fsp3) is 0.182. The molecule has 3 aromatic rings. The van der Waals surface area contributed by atoms with E-state index >= 15 is 0 Å². The Morgan fingerprint density at radius 3 is 2.19 bits per heavy atom. The van der Waals surface area contributed by atoms with Crippen molar-refractivity contribution in [1.82, 2.24) is 4.98 Å². The number of piperazine rings is 1. The second-order valence-corrected chi connectivity index (χ2v) is 6.39. The van der Waals surface area contributed by atoms with Crippen molar-refractivity contribution >= 4 is 11.4 Å². The van der Waals surface area contributed by atoms with Gasteiger partial charge in [0.15, 0.2) is 5.75 Å². The van der Waals surface area contributed by atoms with Crippen molar-refractivity contribution in [2.75, 3.05) is 36.0 Å². The Hall–Kier alpha value is -3.52. The number of aromatic nitrogens is 1. The second-order valence-electron chi connectivity index (χ2n) is 6.39. The lowest BCUT2D eigenvalue weighted by Crippen LogP contribution is -2.46. The minimum atomic E-state index is 0.628. The maximum absolute atomic E-state index is 8.93. The highest BCUT2D eigenvalue weighted by Gasteiger charge is 2.20. The molecule has 2 aromatic carbocycles. The van der Waals surface area contributed by atoms with Crippen molar-refractivity contribution in [2.45, 2.75) is 0 Å². The van der Waals surface area contributed by atoms with Gasteiger partial charge in [0.1, 0.15) is 5.75 Å². The Labute approximate surface area is 159 Å². The van der Waals surface area contributed by atoms with Crippen LogP contribution in [0.5, 0.6) is 11.5 Å². The fourth-order valence-electron chi connectivity index (χ4n) is 3.29. The lowest BCUT2D eigenvalue weighted by Gasteiger charge is -2.37. The molecule has 1 aliphatic heterocycles. The summed E-state index contributed by atoms with van der Waals surface area (Å²) in [5.74, 6) is 1.57. The molecule has 0 amide bonds. The van der Waals surface area contributed by atoms with Crippen molar-refractivity contribution < 1.29 is 4.74 Å². The molecular formula is C22H20N4O. The lowest BCUT2D eigenvalue weighted by atomic mass is 10.2. The monoisotopic (exact) mass is 356 g/mol. The molecule has 1 saturated heterocycles. The predicted octanol–water partition coefficient (Wildman–Crippen LogP) is 4.07. The predicted molar refractivity (Wildman–Crippen MR) is 106 cm³/mol. The van der Waals surface area contributed by atoms with E-state index in [1.54, 1.807) is 12.1 Å². The zero-order valence-electron chi connectivity index (χ0n) is 15.0. The summed E-state index contributed by atoms with van der Waals surface area (Å²) >= 11 is 0. The Kier molecular flexibility index (Phi) is 4.88. The second kappa shape index (κ2) is 7.79. The van der Waals surface area contributed by atoms with Gasteiger partial charge >= 0.3 is 0 Å². The number of benzene rings is 2. The third-order valence-corrected chi connectivity index (χ3v) is 4.72. The third-order valence-electron chi connectivity index (χ3n) is 4.72. The number of nitrogens with zero attached hydrogens (tertiary/aromatic N) is 4. The summed E-state index contributed by atoms with van der Waals surface area (Å²) in [6, 6.07) is 21.5. The Bertz CT molecular complexity index is 927. The molecule has 0 atom stereocenters. The van der Waals surface area contributed by atoms with Gasteiger partial charge in [-0.2, -0.15) is 5.26 Å². The van der Waals surface area contributed by atoms with Crippen LogP contribution in [0.25, 0.3) is 0 Å². The van der Waals surface area contributed by atoms with Gasteiger partial charge in [0, 0.05) is 44.3 Å². The van der Waals surface area contributed by atoms with Gasteiger partial charge in [0.2, 0.25) is 0 Å². The zero-order valence-corrected chi connectivity index (χ0v) is 15.0. The van der Waals surface area contributed by atoms with Crippen molar-refractivity contribution in [3.63, 3.8) is 0 Å². The van der Waals surface area contributed by atoms with Gasteiger partial charge in [-0.15, -0.1) is 0 Å². The molecular weight excluding hydrogens is 336 g/mol. The van der Waals surface area contributed by atoms with Gasteiger partial charge in [-0.1, -0.05) is 12.1 Å². The first-order valence-corrected chi connectivity index (χ1v) is 9.00. The van der Waals surface area contributed by atoms with E-state index < -0.39 is 0 Å². The summed E-state index contributed by atoms with van der Waals surface area (Å²) in [6.45, 7) is 3.76. The van der Waals surface area contributed by atoms with Gasteiger partial charge in [-0.3, -0.25) is 4.98 Å². The van der Waals surface area contributed by atoms with Crippen LogP contribution in [0.15, 0.2) is 73.1 Å². The number of hydrogen-bond acceptors (Lipinski definition) is 5. The van der Waals surface area contributed by atoms with E-state index in [0.717, 1.165) is 43.4 Å². The maximum atomic E-state index is 8.93. The number of nitriles is 1. The summed E-state index contributed by atoms with van der Waals surface area (Å²) in [4.78, 5) is 8.83. The van der Waals surface area contributed by atoms with Crippen LogP contribution in [0.2, 0.25) is 0 Å². The summed E-state index contributed by atoms with van der Waals surface area (Å²) in [5, 5.41) is 8.93. The van der Waals surface area contributed by atoms with Crippen LogP contribution < -0.4 is 14.5 Å². The number of hydrogen-bond donors (Lipinski definition) is 0. The highest BCUT2D eigenvalue weighted by Crippen LogP contribution is 2.33. The number of ether oxygens (including phenoxy) is 1. The SMILES string of the molecule is N#Cc1ccc(Oc2ccccc2N2CCN(c3ccncc3)CC2)cc1. The summed E-state index contributed by atoms with van der Waals surface area (Å²) in [7, 11) is 0. The largest absolute Gasteiger partial charge is 0.455 e. The molecule has 0 N–H and O–H groups in total. The van der Waals surface area contributed by atoms with E-state index in [4.69, 9.17) is 10.00 Å². The van der Waals surface area contributed by atoms with Gasteiger partial charge in [-0.25, -0.2) is 0 Å². The molecule has 1 fully saturated rings.